The fourth-order valence-electron chi connectivity index (χ4n) is 5.32. The number of amides is 1. The molecule has 3 fully saturated rings. The highest BCUT2D eigenvalue weighted by atomic mass is 19.4. The summed E-state index contributed by atoms with van der Waals surface area (Å²) in [5, 5.41) is 2.66. The van der Waals surface area contributed by atoms with Gasteiger partial charge < -0.3 is 10.2 Å². The van der Waals surface area contributed by atoms with Crippen molar-refractivity contribution in [2.24, 2.45) is 17.3 Å². The molecule has 0 spiro atoms. The number of likely N-dealkylation sites (tertiary alicyclic amines) is 1. The molecule has 0 atom stereocenters. The molecule has 1 heterocycles. The van der Waals surface area contributed by atoms with Crippen LogP contribution in [0.4, 0.5) is 17.6 Å². The Bertz CT molecular complexity index is 835. The Morgan fingerprint density at radius 2 is 1.58 bits per heavy atom. The predicted octanol–water partition coefficient (Wildman–Crippen LogP) is 5.13. The molecule has 2 aliphatic carbocycles. The average molecular weight is 469 g/mol. The van der Waals surface area contributed by atoms with Crippen molar-refractivity contribution in [3.05, 3.63) is 35.6 Å². The number of ketones is 1. The van der Waals surface area contributed by atoms with Gasteiger partial charge in [0, 0.05) is 17.5 Å². The molecule has 182 valence electrons. The van der Waals surface area contributed by atoms with Crippen LogP contribution in [0.3, 0.4) is 0 Å². The van der Waals surface area contributed by atoms with Gasteiger partial charge in [-0.05, 0) is 108 Å². The van der Waals surface area contributed by atoms with Crippen LogP contribution < -0.4 is 5.32 Å². The summed E-state index contributed by atoms with van der Waals surface area (Å²) in [6, 6.07) is 5.60. The quantitative estimate of drug-likeness (QED) is 0.446. The molecular weight excluding hydrogens is 436 g/mol. The fraction of sp³-hybridized carbons (Fsp3) is 0.680. The number of nitrogens with zero attached hydrogens (tertiary/aromatic N) is 1. The highest BCUT2D eigenvalue weighted by Crippen LogP contribution is 2.57. The van der Waals surface area contributed by atoms with Crippen LogP contribution in [0.2, 0.25) is 0 Å². The van der Waals surface area contributed by atoms with Crippen molar-refractivity contribution < 1.29 is 27.2 Å². The van der Waals surface area contributed by atoms with Crippen LogP contribution in [0.15, 0.2) is 24.3 Å². The largest absolute Gasteiger partial charge is 0.403 e. The summed E-state index contributed by atoms with van der Waals surface area (Å²) in [5.41, 5.74) is -1.56. The molecule has 1 aliphatic heterocycles. The van der Waals surface area contributed by atoms with Gasteiger partial charge in [-0.2, -0.15) is 13.2 Å². The van der Waals surface area contributed by atoms with Gasteiger partial charge in [0.25, 0.3) is 0 Å². The second-order valence-corrected chi connectivity index (χ2v) is 10.0. The molecule has 0 radical (unpaired) electrons. The summed E-state index contributed by atoms with van der Waals surface area (Å²) in [5.74, 6) is -0.581. The Kier molecular flexibility index (Phi) is 7.12. The van der Waals surface area contributed by atoms with E-state index in [2.05, 4.69) is 10.2 Å². The molecule has 1 N–H and O–H groups in total. The van der Waals surface area contributed by atoms with Gasteiger partial charge in [0.15, 0.2) is 5.78 Å². The molecule has 1 saturated heterocycles. The highest BCUT2D eigenvalue weighted by molar-refractivity contribution is 5.97. The molecule has 0 bridgehead atoms. The number of piperidine rings is 1. The van der Waals surface area contributed by atoms with E-state index in [1.165, 1.54) is 12.1 Å². The van der Waals surface area contributed by atoms with E-state index in [0.29, 0.717) is 11.5 Å². The third-order valence-electron chi connectivity index (χ3n) is 7.85. The van der Waals surface area contributed by atoms with Crippen molar-refractivity contribution >= 4 is 11.7 Å². The minimum atomic E-state index is -4.45. The van der Waals surface area contributed by atoms with Crippen LogP contribution in [0.5, 0.6) is 0 Å². The SMILES string of the molecule is O=C(c1ccc(F)cc1)C1CCN(CCC2CCC(NC(=O)C3(C(F)(F)F)CC3)CC2)CC1. The first-order valence-corrected chi connectivity index (χ1v) is 12.1. The number of carbonyl (C=O) groups is 2. The number of benzene rings is 1. The summed E-state index contributed by atoms with van der Waals surface area (Å²) in [6.07, 6.45) is 1.30. The summed E-state index contributed by atoms with van der Waals surface area (Å²) < 4.78 is 52.4. The molecular formula is C25H32F4N2O2. The van der Waals surface area contributed by atoms with Crippen molar-refractivity contribution in [3.8, 4) is 0 Å². The van der Waals surface area contributed by atoms with E-state index in [-0.39, 0.29) is 36.4 Å². The van der Waals surface area contributed by atoms with Crippen molar-refractivity contribution in [1.29, 1.82) is 0 Å². The van der Waals surface area contributed by atoms with E-state index in [1.807, 2.05) is 0 Å². The number of carbonyl (C=O) groups excluding carboxylic acids is 2. The van der Waals surface area contributed by atoms with Gasteiger partial charge in [-0.1, -0.05) is 0 Å². The Labute approximate surface area is 192 Å². The summed E-state index contributed by atoms with van der Waals surface area (Å²) in [7, 11) is 0. The lowest BCUT2D eigenvalue weighted by molar-refractivity contribution is -0.192. The van der Waals surface area contributed by atoms with E-state index < -0.39 is 17.5 Å². The lowest BCUT2D eigenvalue weighted by atomic mass is 9.83. The number of hydrogen-bond acceptors (Lipinski definition) is 3. The van der Waals surface area contributed by atoms with Crippen LogP contribution in [0, 0.1) is 23.1 Å². The van der Waals surface area contributed by atoms with Gasteiger partial charge in [0.05, 0.1) is 0 Å². The zero-order chi connectivity index (χ0) is 23.6. The van der Waals surface area contributed by atoms with Crippen LogP contribution in [-0.4, -0.2) is 48.4 Å². The lowest BCUT2D eigenvalue weighted by Crippen LogP contribution is -2.46. The number of rotatable bonds is 7. The summed E-state index contributed by atoms with van der Waals surface area (Å²) >= 11 is 0. The second-order valence-electron chi connectivity index (χ2n) is 10.0. The summed E-state index contributed by atoms with van der Waals surface area (Å²) in [4.78, 5) is 27.2. The predicted molar refractivity (Wildman–Crippen MR) is 116 cm³/mol. The minimum absolute atomic E-state index is 0.0165. The molecule has 0 unspecified atom stereocenters. The van der Waals surface area contributed by atoms with Crippen LogP contribution in [-0.2, 0) is 4.79 Å². The second kappa shape index (κ2) is 9.72. The van der Waals surface area contributed by atoms with E-state index in [1.54, 1.807) is 12.1 Å². The van der Waals surface area contributed by atoms with E-state index in [9.17, 15) is 27.2 Å². The van der Waals surface area contributed by atoms with E-state index in [0.717, 1.165) is 64.6 Å². The zero-order valence-electron chi connectivity index (χ0n) is 18.8. The van der Waals surface area contributed by atoms with Crippen molar-refractivity contribution in [1.82, 2.24) is 10.2 Å². The van der Waals surface area contributed by atoms with Crippen LogP contribution >= 0.6 is 0 Å². The number of alkyl halides is 3. The molecule has 1 aromatic rings. The Morgan fingerprint density at radius 1 is 0.970 bits per heavy atom. The molecule has 3 aliphatic rings. The molecule has 2 saturated carbocycles. The monoisotopic (exact) mass is 468 g/mol. The average Bonchev–Trinajstić information content (AvgIpc) is 3.62. The normalized spacial score (nSPS) is 26.1. The maximum absolute atomic E-state index is 13.1. The topological polar surface area (TPSA) is 49.4 Å². The molecule has 4 nitrogen and oxygen atoms in total. The van der Waals surface area contributed by atoms with Crippen LogP contribution in [0.1, 0.15) is 68.1 Å². The standard InChI is InChI=1S/C25H32F4N2O2/c26-20-5-3-18(4-6-20)22(32)19-10-15-31(16-11-19)14-9-17-1-7-21(8-2-17)30-23(33)24(12-13-24)25(27,28)29/h3-6,17,19,21H,1-2,7-16H2,(H,30,33). The van der Waals surface area contributed by atoms with Crippen molar-refractivity contribution in [3.63, 3.8) is 0 Å². The van der Waals surface area contributed by atoms with E-state index in [4.69, 9.17) is 0 Å². The number of Topliss-reactive ketones (excluding diaryl/α,β-unsaturated/α-hetero) is 1. The first-order chi connectivity index (χ1) is 15.7. The molecule has 1 amide bonds. The van der Waals surface area contributed by atoms with Crippen molar-refractivity contribution in [2.45, 2.75) is 70.0 Å². The minimum Gasteiger partial charge on any atom is -0.353 e. The van der Waals surface area contributed by atoms with Gasteiger partial charge >= 0.3 is 6.18 Å². The summed E-state index contributed by atoms with van der Waals surface area (Å²) in [6.45, 7) is 2.68. The maximum Gasteiger partial charge on any atom is 0.403 e. The third kappa shape index (κ3) is 5.58. The number of hydrogen-bond donors (Lipinski definition) is 1. The molecule has 1 aromatic carbocycles. The van der Waals surface area contributed by atoms with E-state index >= 15 is 0 Å². The first-order valence-electron chi connectivity index (χ1n) is 12.1. The zero-order valence-corrected chi connectivity index (χ0v) is 18.8. The number of halogens is 4. The third-order valence-corrected chi connectivity index (χ3v) is 7.85. The molecule has 4 rings (SSSR count). The Balaban J connectivity index is 1.14. The van der Waals surface area contributed by atoms with Crippen molar-refractivity contribution in [2.75, 3.05) is 19.6 Å². The first kappa shape index (κ1) is 24.2. The van der Waals surface area contributed by atoms with Gasteiger partial charge in [0.2, 0.25) is 5.91 Å². The smallest absolute Gasteiger partial charge is 0.353 e. The molecule has 8 heteroatoms. The fourth-order valence-corrected chi connectivity index (χ4v) is 5.32. The maximum atomic E-state index is 13.1. The lowest BCUT2D eigenvalue weighted by Gasteiger charge is -2.34. The van der Waals surface area contributed by atoms with Gasteiger partial charge in [-0.15, -0.1) is 0 Å². The number of nitrogens with one attached hydrogen (secondary N) is 1. The molecule has 33 heavy (non-hydrogen) atoms. The van der Waals surface area contributed by atoms with Gasteiger partial charge in [-0.25, -0.2) is 4.39 Å². The van der Waals surface area contributed by atoms with Crippen LogP contribution in [0.25, 0.3) is 0 Å². The molecule has 0 aromatic heterocycles. The Hall–Kier alpha value is -1.96. The Morgan fingerprint density at radius 3 is 2.12 bits per heavy atom. The van der Waals surface area contributed by atoms with Gasteiger partial charge in [-0.3, -0.25) is 9.59 Å². The van der Waals surface area contributed by atoms with Gasteiger partial charge in [0.1, 0.15) is 11.2 Å². The highest BCUT2D eigenvalue weighted by Gasteiger charge is 2.68.